The zero-order valence-corrected chi connectivity index (χ0v) is 11.6. The van der Waals surface area contributed by atoms with Crippen molar-refractivity contribution in [2.45, 2.75) is 26.4 Å². The van der Waals surface area contributed by atoms with Crippen molar-refractivity contribution in [3.05, 3.63) is 35.9 Å². The number of methoxy groups -OCH3 is 1. The smallest absolute Gasteiger partial charge is 0.0914 e. The second kappa shape index (κ2) is 7.52. The molecule has 0 heterocycles. The van der Waals surface area contributed by atoms with Gasteiger partial charge in [-0.05, 0) is 17.4 Å². The topological polar surface area (TPSA) is 41.5 Å². The van der Waals surface area contributed by atoms with E-state index in [0.29, 0.717) is 6.54 Å². The van der Waals surface area contributed by atoms with Crippen LogP contribution < -0.4 is 5.32 Å². The van der Waals surface area contributed by atoms with Gasteiger partial charge in [-0.15, -0.1) is 0 Å². The predicted octanol–water partition coefficient (Wildman–Crippen LogP) is 2.37. The molecule has 0 aromatic heterocycles. The summed E-state index contributed by atoms with van der Waals surface area (Å²) < 4.78 is 5.10. The normalized spacial score (nSPS) is 13.6. The maximum Gasteiger partial charge on any atom is 0.0914 e. The number of hydrogen-bond donors (Lipinski definition) is 2. The van der Waals surface area contributed by atoms with Crippen LogP contribution in [0.25, 0.3) is 0 Å². The van der Waals surface area contributed by atoms with Crippen LogP contribution >= 0.6 is 0 Å². The lowest BCUT2D eigenvalue weighted by molar-refractivity contribution is 0.140. The van der Waals surface area contributed by atoms with Gasteiger partial charge < -0.3 is 15.2 Å². The first-order chi connectivity index (χ1) is 8.55. The first-order valence-electron chi connectivity index (χ1n) is 6.48. The quantitative estimate of drug-likeness (QED) is 0.745. The lowest BCUT2D eigenvalue weighted by Crippen LogP contribution is -2.33. The molecular weight excluding hydrogens is 226 g/mol. The van der Waals surface area contributed by atoms with Crippen molar-refractivity contribution in [1.82, 2.24) is 5.32 Å². The minimum atomic E-state index is -0.440. The van der Waals surface area contributed by atoms with Crippen LogP contribution in [0.5, 0.6) is 0 Å². The summed E-state index contributed by atoms with van der Waals surface area (Å²) in [5.74, 6) is 0. The van der Waals surface area contributed by atoms with Crippen LogP contribution in [0, 0.1) is 5.41 Å². The van der Waals surface area contributed by atoms with E-state index in [1.165, 1.54) is 0 Å². The van der Waals surface area contributed by atoms with Gasteiger partial charge in [0, 0.05) is 26.8 Å². The lowest BCUT2D eigenvalue weighted by Gasteiger charge is -2.25. The molecule has 0 bridgehead atoms. The molecule has 0 saturated carbocycles. The molecule has 102 valence electrons. The van der Waals surface area contributed by atoms with Gasteiger partial charge in [0.15, 0.2) is 0 Å². The molecule has 0 aliphatic heterocycles. The SMILES string of the molecule is COCCC(C)(C)CNCC(O)c1ccccc1. The highest BCUT2D eigenvalue weighted by molar-refractivity contribution is 5.17. The molecule has 3 nitrogen and oxygen atoms in total. The van der Waals surface area contributed by atoms with E-state index in [-0.39, 0.29) is 5.41 Å². The summed E-state index contributed by atoms with van der Waals surface area (Å²) in [6.45, 7) is 6.64. The van der Waals surface area contributed by atoms with Crippen molar-refractivity contribution in [2.75, 3.05) is 26.8 Å². The Balaban J connectivity index is 2.29. The molecule has 0 aliphatic rings. The Bertz CT molecular complexity index is 325. The summed E-state index contributed by atoms with van der Waals surface area (Å²) >= 11 is 0. The fraction of sp³-hybridized carbons (Fsp3) is 0.600. The number of aliphatic hydroxyl groups is 1. The predicted molar refractivity (Wildman–Crippen MR) is 74.5 cm³/mol. The zero-order chi connectivity index (χ0) is 13.4. The molecule has 0 radical (unpaired) electrons. The van der Waals surface area contributed by atoms with E-state index in [2.05, 4.69) is 19.2 Å². The van der Waals surface area contributed by atoms with E-state index in [1.54, 1.807) is 7.11 Å². The van der Waals surface area contributed by atoms with Crippen LogP contribution in [-0.2, 0) is 4.74 Å². The van der Waals surface area contributed by atoms with Crippen LogP contribution in [0.4, 0.5) is 0 Å². The molecule has 2 N–H and O–H groups in total. The molecule has 1 aromatic rings. The van der Waals surface area contributed by atoms with Gasteiger partial charge in [0.2, 0.25) is 0 Å². The summed E-state index contributed by atoms with van der Waals surface area (Å²) in [5.41, 5.74) is 1.14. The average molecular weight is 251 g/mol. The zero-order valence-electron chi connectivity index (χ0n) is 11.6. The van der Waals surface area contributed by atoms with E-state index in [1.807, 2.05) is 30.3 Å². The molecule has 18 heavy (non-hydrogen) atoms. The van der Waals surface area contributed by atoms with E-state index >= 15 is 0 Å². The Labute approximate surface area is 110 Å². The summed E-state index contributed by atoms with van der Waals surface area (Å²) in [6.07, 6.45) is 0.571. The van der Waals surface area contributed by atoms with E-state index in [0.717, 1.165) is 25.1 Å². The van der Waals surface area contributed by atoms with Gasteiger partial charge in [-0.2, -0.15) is 0 Å². The van der Waals surface area contributed by atoms with E-state index < -0.39 is 6.10 Å². The summed E-state index contributed by atoms with van der Waals surface area (Å²) in [6, 6.07) is 9.74. The molecule has 1 unspecified atom stereocenters. The minimum Gasteiger partial charge on any atom is -0.387 e. The van der Waals surface area contributed by atoms with E-state index in [4.69, 9.17) is 4.74 Å². The van der Waals surface area contributed by atoms with Crippen LogP contribution in [-0.4, -0.2) is 31.9 Å². The third-order valence-corrected chi connectivity index (χ3v) is 3.11. The molecule has 0 aliphatic carbocycles. The molecule has 0 fully saturated rings. The fourth-order valence-electron chi connectivity index (χ4n) is 1.81. The van der Waals surface area contributed by atoms with Gasteiger partial charge in [0.05, 0.1) is 6.10 Å². The first kappa shape index (κ1) is 15.2. The molecule has 0 amide bonds. The van der Waals surface area contributed by atoms with Gasteiger partial charge in [0.1, 0.15) is 0 Å². The third kappa shape index (κ3) is 5.63. The minimum absolute atomic E-state index is 0.187. The Morgan fingerprint density at radius 2 is 1.94 bits per heavy atom. The van der Waals surface area contributed by atoms with Crippen molar-refractivity contribution in [3.63, 3.8) is 0 Å². The maximum absolute atomic E-state index is 10.0. The highest BCUT2D eigenvalue weighted by atomic mass is 16.5. The van der Waals surface area contributed by atoms with Gasteiger partial charge in [0.25, 0.3) is 0 Å². The number of rotatable bonds is 8. The number of ether oxygens (including phenoxy) is 1. The first-order valence-corrected chi connectivity index (χ1v) is 6.48. The van der Waals surface area contributed by atoms with Crippen LogP contribution in [0.1, 0.15) is 31.9 Å². The molecular formula is C15H25NO2. The third-order valence-electron chi connectivity index (χ3n) is 3.11. The van der Waals surface area contributed by atoms with Crippen molar-refractivity contribution >= 4 is 0 Å². The second-order valence-corrected chi connectivity index (χ2v) is 5.46. The monoisotopic (exact) mass is 251 g/mol. The molecule has 0 spiro atoms. The molecule has 0 saturated heterocycles. The number of nitrogens with one attached hydrogen (secondary N) is 1. The summed E-state index contributed by atoms with van der Waals surface area (Å²) in [5, 5.41) is 13.3. The average Bonchev–Trinajstić information content (AvgIpc) is 2.37. The molecule has 3 heteroatoms. The van der Waals surface area contributed by atoms with Crippen molar-refractivity contribution < 1.29 is 9.84 Å². The Morgan fingerprint density at radius 1 is 1.28 bits per heavy atom. The maximum atomic E-state index is 10.0. The summed E-state index contributed by atoms with van der Waals surface area (Å²) in [7, 11) is 1.72. The molecule has 1 aromatic carbocycles. The number of hydrogen-bond acceptors (Lipinski definition) is 3. The van der Waals surface area contributed by atoms with Gasteiger partial charge in [-0.3, -0.25) is 0 Å². The Morgan fingerprint density at radius 3 is 2.56 bits per heavy atom. The van der Waals surface area contributed by atoms with Crippen LogP contribution in [0.3, 0.4) is 0 Å². The standard InChI is InChI=1S/C15H25NO2/c1-15(2,9-10-18-3)12-16-11-14(17)13-7-5-4-6-8-13/h4-8,14,16-17H,9-12H2,1-3H3. The number of aliphatic hydroxyl groups excluding tert-OH is 1. The highest BCUT2D eigenvalue weighted by Gasteiger charge is 2.17. The second-order valence-electron chi connectivity index (χ2n) is 5.46. The van der Waals surface area contributed by atoms with Gasteiger partial charge >= 0.3 is 0 Å². The number of benzene rings is 1. The van der Waals surface area contributed by atoms with Crippen molar-refractivity contribution in [2.24, 2.45) is 5.41 Å². The Kier molecular flexibility index (Phi) is 6.33. The van der Waals surface area contributed by atoms with Crippen molar-refractivity contribution in [3.8, 4) is 0 Å². The summed E-state index contributed by atoms with van der Waals surface area (Å²) in [4.78, 5) is 0. The van der Waals surface area contributed by atoms with Crippen LogP contribution in [0.15, 0.2) is 30.3 Å². The largest absolute Gasteiger partial charge is 0.387 e. The van der Waals surface area contributed by atoms with Gasteiger partial charge in [-0.25, -0.2) is 0 Å². The van der Waals surface area contributed by atoms with Crippen molar-refractivity contribution in [1.29, 1.82) is 0 Å². The Hall–Kier alpha value is -0.900. The molecule has 1 atom stereocenters. The lowest BCUT2D eigenvalue weighted by atomic mass is 9.89. The fourth-order valence-corrected chi connectivity index (χ4v) is 1.81. The van der Waals surface area contributed by atoms with Gasteiger partial charge in [-0.1, -0.05) is 44.2 Å². The van der Waals surface area contributed by atoms with E-state index in [9.17, 15) is 5.11 Å². The van der Waals surface area contributed by atoms with Crippen LogP contribution in [0.2, 0.25) is 0 Å². The highest BCUT2D eigenvalue weighted by Crippen LogP contribution is 2.19. The molecule has 1 rings (SSSR count).